The van der Waals surface area contributed by atoms with Gasteiger partial charge in [-0.3, -0.25) is 4.79 Å². The molecule has 2 rings (SSSR count). The van der Waals surface area contributed by atoms with Gasteiger partial charge >= 0.3 is 0 Å². The van der Waals surface area contributed by atoms with E-state index in [4.69, 9.17) is 9.47 Å². The van der Waals surface area contributed by atoms with Gasteiger partial charge in [-0.05, 0) is 72.5 Å². The molecular formula is C19H23IN2O3. The fraction of sp³-hybridized carbons (Fsp3) is 0.474. The number of ether oxygens (including phenoxy) is 2. The summed E-state index contributed by atoms with van der Waals surface area (Å²) in [6.45, 7) is 6.54. The topological polar surface area (TPSA) is 62.6 Å². The van der Waals surface area contributed by atoms with Crippen molar-refractivity contribution in [1.82, 2.24) is 4.90 Å². The zero-order valence-electron chi connectivity index (χ0n) is 14.7. The molecule has 134 valence electrons. The van der Waals surface area contributed by atoms with Gasteiger partial charge in [0.05, 0.1) is 16.8 Å². The highest BCUT2D eigenvalue weighted by Gasteiger charge is 2.22. The third kappa shape index (κ3) is 5.11. The Labute approximate surface area is 162 Å². The van der Waals surface area contributed by atoms with Crippen LogP contribution < -0.4 is 9.47 Å². The standard InChI is InChI=1S/C19H23IN2O3/c1-3-9-25-18-16(20)11-14(12-17(18)24-4-2)10-15(13-21)19(23)22-7-5-6-8-22/h10-12H,3-9H2,1-2H3/b15-10+. The molecule has 0 aromatic heterocycles. The number of hydrogen-bond acceptors (Lipinski definition) is 4. The van der Waals surface area contributed by atoms with Crippen LogP contribution >= 0.6 is 22.6 Å². The minimum Gasteiger partial charge on any atom is -0.490 e. The monoisotopic (exact) mass is 454 g/mol. The average molecular weight is 454 g/mol. The summed E-state index contributed by atoms with van der Waals surface area (Å²) in [5.74, 6) is 1.16. The van der Waals surface area contributed by atoms with Crippen LogP contribution in [0.5, 0.6) is 11.5 Å². The first-order valence-corrected chi connectivity index (χ1v) is 9.68. The van der Waals surface area contributed by atoms with Gasteiger partial charge in [0.1, 0.15) is 11.6 Å². The number of carbonyl (C=O) groups excluding carboxylic acids is 1. The number of carbonyl (C=O) groups is 1. The minimum absolute atomic E-state index is 0.155. The maximum Gasteiger partial charge on any atom is 0.264 e. The first-order chi connectivity index (χ1) is 12.1. The fourth-order valence-electron chi connectivity index (χ4n) is 2.68. The van der Waals surface area contributed by atoms with Crippen LogP contribution in [-0.2, 0) is 4.79 Å². The number of hydrogen-bond donors (Lipinski definition) is 0. The van der Waals surface area contributed by atoms with Crippen molar-refractivity contribution < 1.29 is 14.3 Å². The molecule has 5 nitrogen and oxygen atoms in total. The second kappa shape index (κ2) is 9.66. The zero-order valence-corrected chi connectivity index (χ0v) is 16.8. The van der Waals surface area contributed by atoms with Crippen LogP contribution in [0.3, 0.4) is 0 Å². The minimum atomic E-state index is -0.195. The molecule has 1 heterocycles. The van der Waals surface area contributed by atoms with Gasteiger partial charge in [-0.1, -0.05) is 6.92 Å². The lowest BCUT2D eigenvalue weighted by Crippen LogP contribution is -2.28. The van der Waals surface area contributed by atoms with E-state index in [2.05, 4.69) is 22.6 Å². The Bertz CT molecular complexity index is 689. The van der Waals surface area contributed by atoms with E-state index in [0.717, 1.165) is 41.5 Å². The summed E-state index contributed by atoms with van der Waals surface area (Å²) in [4.78, 5) is 14.2. The Morgan fingerprint density at radius 1 is 1.32 bits per heavy atom. The van der Waals surface area contributed by atoms with Gasteiger partial charge in [0.25, 0.3) is 5.91 Å². The molecule has 1 aliphatic heterocycles. The molecular weight excluding hydrogens is 431 g/mol. The van der Waals surface area contributed by atoms with E-state index in [0.29, 0.717) is 24.7 Å². The van der Waals surface area contributed by atoms with Gasteiger partial charge in [0.15, 0.2) is 11.5 Å². The fourth-order valence-corrected chi connectivity index (χ4v) is 3.46. The van der Waals surface area contributed by atoms with Crippen LogP contribution in [0.25, 0.3) is 6.08 Å². The van der Waals surface area contributed by atoms with Crippen LogP contribution in [0.1, 0.15) is 38.7 Å². The van der Waals surface area contributed by atoms with Crippen LogP contribution in [0.2, 0.25) is 0 Å². The van der Waals surface area contributed by atoms with Crippen molar-refractivity contribution in [2.75, 3.05) is 26.3 Å². The SMILES string of the molecule is CCCOc1c(I)cc(/C=C(\C#N)C(=O)N2CCCC2)cc1OCC. The number of halogens is 1. The molecule has 0 spiro atoms. The molecule has 25 heavy (non-hydrogen) atoms. The van der Waals surface area contributed by atoms with E-state index >= 15 is 0 Å². The number of amides is 1. The molecule has 0 atom stereocenters. The molecule has 1 saturated heterocycles. The molecule has 6 heteroatoms. The third-order valence-electron chi connectivity index (χ3n) is 3.84. The summed E-state index contributed by atoms with van der Waals surface area (Å²) in [5.41, 5.74) is 0.920. The molecule has 0 saturated carbocycles. The Hall–Kier alpha value is -1.75. The predicted molar refractivity (Wildman–Crippen MR) is 106 cm³/mol. The van der Waals surface area contributed by atoms with E-state index in [-0.39, 0.29) is 11.5 Å². The van der Waals surface area contributed by atoms with Gasteiger partial charge in [0, 0.05) is 13.1 Å². The normalized spacial score (nSPS) is 14.3. The van der Waals surface area contributed by atoms with E-state index in [1.54, 1.807) is 11.0 Å². The molecule has 1 fully saturated rings. The summed E-state index contributed by atoms with van der Waals surface area (Å²) in [5, 5.41) is 9.41. The molecule has 1 aliphatic rings. The molecule has 0 aliphatic carbocycles. The molecule has 0 radical (unpaired) electrons. The number of rotatable bonds is 7. The summed E-state index contributed by atoms with van der Waals surface area (Å²) >= 11 is 2.19. The molecule has 1 amide bonds. The second-order valence-electron chi connectivity index (χ2n) is 5.78. The predicted octanol–water partition coefficient (Wildman–Crippen LogP) is 4.01. The quantitative estimate of drug-likeness (QED) is 0.355. The van der Waals surface area contributed by atoms with Crippen LogP contribution in [0.15, 0.2) is 17.7 Å². The maximum atomic E-state index is 12.5. The molecule has 0 bridgehead atoms. The Morgan fingerprint density at radius 2 is 2.04 bits per heavy atom. The molecule has 0 unspecified atom stereocenters. The van der Waals surface area contributed by atoms with Crippen molar-refractivity contribution in [2.24, 2.45) is 0 Å². The van der Waals surface area contributed by atoms with Crippen molar-refractivity contribution in [3.05, 3.63) is 26.8 Å². The smallest absolute Gasteiger partial charge is 0.264 e. The summed E-state index contributed by atoms with van der Waals surface area (Å²) in [6.07, 6.45) is 4.54. The Morgan fingerprint density at radius 3 is 2.64 bits per heavy atom. The van der Waals surface area contributed by atoms with E-state index < -0.39 is 0 Å². The summed E-state index contributed by atoms with van der Waals surface area (Å²) in [6, 6.07) is 5.77. The Balaban J connectivity index is 2.33. The molecule has 0 N–H and O–H groups in total. The van der Waals surface area contributed by atoms with Gasteiger partial charge < -0.3 is 14.4 Å². The van der Waals surface area contributed by atoms with Crippen molar-refractivity contribution in [1.29, 1.82) is 5.26 Å². The first-order valence-electron chi connectivity index (χ1n) is 8.60. The zero-order chi connectivity index (χ0) is 18.2. The van der Waals surface area contributed by atoms with E-state index in [1.807, 2.05) is 32.0 Å². The largest absolute Gasteiger partial charge is 0.490 e. The molecule has 1 aromatic rings. The lowest BCUT2D eigenvalue weighted by Gasteiger charge is -2.15. The highest BCUT2D eigenvalue weighted by Crippen LogP contribution is 2.35. The number of nitrogens with zero attached hydrogens (tertiary/aromatic N) is 2. The van der Waals surface area contributed by atoms with Crippen molar-refractivity contribution in [3.8, 4) is 17.6 Å². The third-order valence-corrected chi connectivity index (χ3v) is 4.64. The second-order valence-corrected chi connectivity index (χ2v) is 6.94. The number of benzene rings is 1. The van der Waals surface area contributed by atoms with Crippen molar-refractivity contribution >= 4 is 34.6 Å². The lowest BCUT2D eigenvalue weighted by molar-refractivity contribution is -0.125. The van der Waals surface area contributed by atoms with Crippen LogP contribution in [0, 0.1) is 14.9 Å². The van der Waals surface area contributed by atoms with Gasteiger partial charge in [-0.2, -0.15) is 5.26 Å². The van der Waals surface area contributed by atoms with Crippen molar-refractivity contribution in [3.63, 3.8) is 0 Å². The van der Waals surface area contributed by atoms with Crippen LogP contribution in [0.4, 0.5) is 0 Å². The van der Waals surface area contributed by atoms with Crippen molar-refractivity contribution in [2.45, 2.75) is 33.1 Å². The van der Waals surface area contributed by atoms with Gasteiger partial charge in [0.2, 0.25) is 0 Å². The highest BCUT2D eigenvalue weighted by molar-refractivity contribution is 14.1. The van der Waals surface area contributed by atoms with Gasteiger partial charge in [-0.25, -0.2) is 0 Å². The summed E-state index contributed by atoms with van der Waals surface area (Å²) < 4.78 is 12.4. The number of nitriles is 1. The average Bonchev–Trinajstić information content (AvgIpc) is 3.13. The first kappa shape index (κ1) is 19.6. The molecule has 1 aromatic carbocycles. The van der Waals surface area contributed by atoms with Gasteiger partial charge in [-0.15, -0.1) is 0 Å². The number of likely N-dealkylation sites (tertiary alicyclic amines) is 1. The highest BCUT2D eigenvalue weighted by atomic mass is 127. The van der Waals surface area contributed by atoms with E-state index in [9.17, 15) is 10.1 Å². The lowest BCUT2D eigenvalue weighted by atomic mass is 10.1. The van der Waals surface area contributed by atoms with Crippen LogP contribution in [-0.4, -0.2) is 37.1 Å². The van der Waals surface area contributed by atoms with E-state index in [1.165, 1.54) is 0 Å². The summed E-state index contributed by atoms with van der Waals surface area (Å²) in [7, 11) is 0. The Kier molecular flexibility index (Phi) is 7.56. The maximum absolute atomic E-state index is 12.5.